The van der Waals surface area contributed by atoms with Crippen molar-refractivity contribution in [2.45, 2.75) is 72.6 Å². The van der Waals surface area contributed by atoms with E-state index in [0.29, 0.717) is 0 Å². The van der Waals surface area contributed by atoms with E-state index < -0.39 is 18.4 Å². The minimum absolute atomic E-state index is 1.14. The number of aromatic nitrogens is 2. The topological polar surface area (TPSA) is 17.3 Å². The second-order valence-electron chi connectivity index (χ2n) is 6.66. The summed E-state index contributed by atoms with van der Waals surface area (Å²) in [6.07, 6.45) is 12.7. The number of hydrogen-bond acceptors (Lipinski definition) is 1. The number of rotatable bonds is 10. The van der Waals surface area contributed by atoms with E-state index in [9.17, 15) is 0 Å². The summed E-state index contributed by atoms with van der Waals surface area (Å²) in [6, 6.07) is 6.42. The Labute approximate surface area is 140 Å². The number of pyridine rings is 1. The van der Waals surface area contributed by atoms with Crippen LogP contribution in [0.25, 0.3) is 5.65 Å². The van der Waals surface area contributed by atoms with Gasteiger partial charge in [-0.15, -0.1) is 0 Å². The third-order valence-corrected chi connectivity index (χ3v) is 20.4. The van der Waals surface area contributed by atoms with E-state index in [1.54, 1.807) is 3.71 Å². The monoisotopic (exact) mass is 408 g/mol. The second-order valence-corrected chi connectivity index (χ2v) is 19.7. The Hall–Kier alpha value is -0.511. The predicted molar refractivity (Wildman–Crippen MR) is 99.7 cm³/mol. The second kappa shape index (κ2) is 8.95. The maximum absolute atomic E-state index is 4.72. The van der Waals surface area contributed by atoms with Gasteiger partial charge in [-0.05, 0) is 0 Å². The Kier molecular flexibility index (Phi) is 7.26. The van der Waals surface area contributed by atoms with Crippen LogP contribution in [-0.2, 0) is 0 Å². The SMILES string of the molecule is CCC[CH2][Sn]([CH2]CCC)([CH2]CCC)[c]1cnc2ccccn12. The molecule has 22 heavy (non-hydrogen) atoms. The molecule has 0 aliphatic rings. The summed E-state index contributed by atoms with van der Waals surface area (Å²) in [5.74, 6) is 0. The average Bonchev–Trinajstić information content (AvgIpc) is 2.99. The number of nitrogens with zero attached hydrogens (tertiary/aromatic N) is 2. The van der Waals surface area contributed by atoms with E-state index in [-0.39, 0.29) is 0 Å². The molecule has 2 heterocycles. The first-order valence-corrected chi connectivity index (χ1v) is 16.7. The Morgan fingerprint density at radius 2 is 1.50 bits per heavy atom. The summed E-state index contributed by atoms with van der Waals surface area (Å²) in [7, 11) is 0. The van der Waals surface area contributed by atoms with Gasteiger partial charge >= 0.3 is 140 Å². The van der Waals surface area contributed by atoms with Gasteiger partial charge in [-0.25, -0.2) is 0 Å². The Balaban J connectivity index is 2.42. The zero-order valence-electron chi connectivity index (χ0n) is 14.6. The average molecular weight is 407 g/mol. The standard InChI is InChI=1S/C7H5N2.3C4H9.Sn/c1-2-5-9-6-4-8-7(9)3-1;3*1-3-4-2;/h1-5H;3*1,3-4H2,2H3;. The molecule has 122 valence electrons. The van der Waals surface area contributed by atoms with E-state index in [0.717, 1.165) is 5.65 Å². The zero-order chi connectivity index (χ0) is 15.8. The summed E-state index contributed by atoms with van der Waals surface area (Å²) in [6.45, 7) is 7.01. The third-order valence-electron chi connectivity index (χ3n) is 4.99. The van der Waals surface area contributed by atoms with Crippen molar-refractivity contribution in [3.63, 3.8) is 0 Å². The van der Waals surface area contributed by atoms with Gasteiger partial charge in [0, 0.05) is 0 Å². The Morgan fingerprint density at radius 3 is 2.05 bits per heavy atom. The predicted octanol–water partition coefficient (Wildman–Crippen LogP) is 5.39. The van der Waals surface area contributed by atoms with Crippen LogP contribution in [0.1, 0.15) is 59.3 Å². The quantitative estimate of drug-likeness (QED) is 0.483. The van der Waals surface area contributed by atoms with Crippen molar-refractivity contribution >= 4 is 27.7 Å². The normalized spacial score (nSPS) is 12.1. The molecule has 2 nitrogen and oxygen atoms in total. The molecule has 0 amide bonds. The molecule has 0 aromatic carbocycles. The molecule has 0 fully saturated rings. The van der Waals surface area contributed by atoms with Gasteiger partial charge in [-0.3, -0.25) is 0 Å². The molecule has 2 aromatic heterocycles. The van der Waals surface area contributed by atoms with Gasteiger partial charge < -0.3 is 0 Å². The number of hydrogen-bond donors (Lipinski definition) is 0. The van der Waals surface area contributed by atoms with Crippen LogP contribution in [0, 0.1) is 0 Å². The van der Waals surface area contributed by atoms with Crippen LogP contribution in [0.2, 0.25) is 13.3 Å². The fraction of sp³-hybridized carbons (Fsp3) is 0.632. The molecular weight excluding hydrogens is 375 g/mol. The van der Waals surface area contributed by atoms with Crippen molar-refractivity contribution in [2.75, 3.05) is 0 Å². The maximum atomic E-state index is 4.72. The van der Waals surface area contributed by atoms with Gasteiger partial charge in [0.15, 0.2) is 0 Å². The van der Waals surface area contributed by atoms with Gasteiger partial charge in [-0.1, -0.05) is 0 Å². The van der Waals surface area contributed by atoms with Crippen LogP contribution < -0.4 is 3.71 Å². The summed E-state index contributed by atoms with van der Waals surface area (Å²) >= 11 is -2.34. The van der Waals surface area contributed by atoms with Crippen molar-refractivity contribution in [3.8, 4) is 0 Å². The van der Waals surface area contributed by atoms with Gasteiger partial charge in [0.05, 0.1) is 0 Å². The van der Waals surface area contributed by atoms with Gasteiger partial charge in [-0.2, -0.15) is 0 Å². The zero-order valence-corrected chi connectivity index (χ0v) is 17.5. The van der Waals surface area contributed by atoms with Crippen molar-refractivity contribution in [1.82, 2.24) is 9.38 Å². The number of fused-ring (bicyclic) bond motifs is 1. The molecule has 0 radical (unpaired) electrons. The minimum atomic E-state index is -2.34. The molecule has 2 rings (SSSR count). The molecule has 0 spiro atoms. The fourth-order valence-corrected chi connectivity index (χ4v) is 19.7. The molecule has 0 atom stereocenters. The van der Waals surface area contributed by atoms with Crippen LogP contribution in [0.4, 0.5) is 0 Å². The molecule has 0 unspecified atom stereocenters. The van der Waals surface area contributed by atoms with Gasteiger partial charge in [0.1, 0.15) is 0 Å². The molecule has 3 heteroatoms. The molecule has 0 aliphatic heterocycles. The van der Waals surface area contributed by atoms with E-state index >= 15 is 0 Å². The number of imidazole rings is 1. The summed E-state index contributed by atoms with van der Waals surface area (Å²) < 4.78 is 8.60. The molecular formula is C19H32N2Sn. The van der Waals surface area contributed by atoms with Crippen molar-refractivity contribution < 1.29 is 0 Å². The van der Waals surface area contributed by atoms with Crippen molar-refractivity contribution in [3.05, 3.63) is 30.6 Å². The Bertz CT molecular complexity index is 540. The van der Waals surface area contributed by atoms with Crippen molar-refractivity contribution in [1.29, 1.82) is 0 Å². The first-order valence-electron chi connectivity index (χ1n) is 9.20. The van der Waals surface area contributed by atoms with E-state index in [2.05, 4.69) is 55.8 Å². The van der Waals surface area contributed by atoms with E-state index in [1.807, 2.05) is 0 Å². The van der Waals surface area contributed by atoms with Crippen LogP contribution in [0.15, 0.2) is 30.6 Å². The molecule has 0 saturated carbocycles. The summed E-state index contributed by atoms with van der Waals surface area (Å²) in [5, 5.41) is 0. The molecule has 2 aromatic rings. The molecule has 0 N–H and O–H groups in total. The van der Waals surface area contributed by atoms with Crippen LogP contribution in [0.3, 0.4) is 0 Å². The van der Waals surface area contributed by atoms with Crippen molar-refractivity contribution in [2.24, 2.45) is 0 Å². The number of unbranched alkanes of at least 4 members (excludes halogenated alkanes) is 3. The van der Waals surface area contributed by atoms with Crippen LogP contribution in [-0.4, -0.2) is 27.8 Å². The van der Waals surface area contributed by atoms with Crippen LogP contribution >= 0.6 is 0 Å². The molecule has 0 saturated heterocycles. The molecule has 0 aliphatic carbocycles. The summed E-state index contributed by atoms with van der Waals surface area (Å²) in [4.78, 5) is 4.72. The van der Waals surface area contributed by atoms with Gasteiger partial charge in [0.2, 0.25) is 0 Å². The molecule has 0 bridgehead atoms. The fourth-order valence-electron chi connectivity index (χ4n) is 3.63. The first-order chi connectivity index (χ1) is 10.8. The first kappa shape index (κ1) is 17.8. The van der Waals surface area contributed by atoms with Gasteiger partial charge in [0.25, 0.3) is 0 Å². The van der Waals surface area contributed by atoms with E-state index in [1.165, 1.54) is 51.8 Å². The summed E-state index contributed by atoms with van der Waals surface area (Å²) in [5.41, 5.74) is 1.14. The third kappa shape index (κ3) is 4.06. The van der Waals surface area contributed by atoms with E-state index in [4.69, 9.17) is 4.98 Å². The van der Waals surface area contributed by atoms with Crippen LogP contribution in [0.5, 0.6) is 0 Å². The Morgan fingerprint density at radius 1 is 0.909 bits per heavy atom.